The molecule has 0 saturated heterocycles. The van der Waals surface area contributed by atoms with E-state index >= 15 is 0 Å². The topological polar surface area (TPSA) is 0 Å². The van der Waals surface area contributed by atoms with Gasteiger partial charge in [0.2, 0.25) is 11.6 Å². The standard InChI is InChI=1S/C18H11F10P/c19-7-9(21)13(25)17(14(26)10(7)22)29(6-4-2-1-3-5-6)18-15(27)11(23)8(20)12(24)16(18)28/h6H,1-5H2. The molecule has 0 N–H and O–H groups in total. The highest BCUT2D eigenvalue weighted by atomic mass is 31.1. The van der Waals surface area contributed by atoms with Gasteiger partial charge in [-0.05, 0) is 26.4 Å². The van der Waals surface area contributed by atoms with Crippen molar-refractivity contribution in [1.82, 2.24) is 0 Å². The summed E-state index contributed by atoms with van der Waals surface area (Å²) in [6.07, 6.45) is 1.55. The van der Waals surface area contributed by atoms with E-state index in [1.807, 2.05) is 0 Å². The van der Waals surface area contributed by atoms with Crippen LogP contribution in [0, 0.1) is 58.2 Å². The highest BCUT2D eigenvalue weighted by molar-refractivity contribution is 7.73. The maximum Gasteiger partial charge on any atom is 0.200 e. The average Bonchev–Trinajstić information content (AvgIpc) is 2.73. The average molecular weight is 448 g/mol. The van der Waals surface area contributed by atoms with Crippen LogP contribution in [-0.4, -0.2) is 5.66 Å². The number of hydrogen-bond donors (Lipinski definition) is 0. The van der Waals surface area contributed by atoms with Crippen LogP contribution in [0.4, 0.5) is 43.9 Å². The second kappa shape index (κ2) is 8.13. The second-order valence-electron chi connectivity index (χ2n) is 6.50. The van der Waals surface area contributed by atoms with E-state index < -0.39 is 82.4 Å². The van der Waals surface area contributed by atoms with Crippen LogP contribution in [0.25, 0.3) is 0 Å². The zero-order valence-electron chi connectivity index (χ0n) is 14.3. The van der Waals surface area contributed by atoms with Gasteiger partial charge in [0.15, 0.2) is 46.5 Å². The lowest BCUT2D eigenvalue weighted by molar-refractivity contribution is 0.382. The summed E-state index contributed by atoms with van der Waals surface area (Å²) in [5, 5.41) is -3.10. The molecule has 3 rings (SSSR count). The maximum absolute atomic E-state index is 14.4. The van der Waals surface area contributed by atoms with Crippen LogP contribution < -0.4 is 10.6 Å². The van der Waals surface area contributed by atoms with Crippen LogP contribution in [0.5, 0.6) is 0 Å². The first-order valence-electron chi connectivity index (χ1n) is 8.41. The van der Waals surface area contributed by atoms with Gasteiger partial charge in [0.1, 0.15) is 0 Å². The minimum absolute atomic E-state index is 0.0602. The molecule has 158 valence electrons. The van der Waals surface area contributed by atoms with Crippen molar-refractivity contribution in [2.75, 3.05) is 0 Å². The van der Waals surface area contributed by atoms with Gasteiger partial charge in [0, 0.05) is 0 Å². The van der Waals surface area contributed by atoms with Crippen LogP contribution in [-0.2, 0) is 0 Å². The van der Waals surface area contributed by atoms with Gasteiger partial charge in [-0.15, -0.1) is 0 Å². The molecule has 0 nitrogen and oxygen atoms in total. The first-order chi connectivity index (χ1) is 13.6. The van der Waals surface area contributed by atoms with Crippen molar-refractivity contribution >= 4 is 18.5 Å². The number of halogens is 10. The SMILES string of the molecule is Fc1c(F)c(F)c(P(c2c(F)c(F)c(F)c(F)c2F)C2CCCCC2)c(F)c1F. The number of hydrogen-bond acceptors (Lipinski definition) is 0. The van der Waals surface area contributed by atoms with E-state index in [0.717, 1.165) is 0 Å². The molecular formula is C18H11F10P. The van der Waals surface area contributed by atoms with Crippen molar-refractivity contribution in [3.05, 3.63) is 58.2 Å². The molecule has 1 aliphatic carbocycles. The molecule has 0 bridgehead atoms. The molecule has 0 atom stereocenters. The lowest BCUT2D eigenvalue weighted by atomic mass is 10.0. The number of rotatable bonds is 3. The summed E-state index contributed by atoms with van der Waals surface area (Å²) in [4.78, 5) is 0. The van der Waals surface area contributed by atoms with E-state index in [4.69, 9.17) is 0 Å². The monoisotopic (exact) mass is 448 g/mol. The number of benzene rings is 2. The predicted molar refractivity (Wildman–Crippen MR) is 85.5 cm³/mol. The molecule has 0 unspecified atom stereocenters. The highest BCUT2D eigenvalue weighted by Gasteiger charge is 2.41. The van der Waals surface area contributed by atoms with Gasteiger partial charge < -0.3 is 0 Å². The minimum Gasteiger partial charge on any atom is -0.203 e. The van der Waals surface area contributed by atoms with Crippen LogP contribution in [0.3, 0.4) is 0 Å². The van der Waals surface area contributed by atoms with E-state index in [-0.39, 0.29) is 12.8 Å². The Morgan fingerprint density at radius 3 is 1.00 bits per heavy atom. The maximum atomic E-state index is 14.4. The molecule has 2 aromatic rings. The Labute approximate surface area is 159 Å². The lowest BCUT2D eigenvalue weighted by Gasteiger charge is -2.32. The van der Waals surface area contributed by atoms with Crippen molar-refractivity contribution in [3.8, 4) is 0 Å². The fourth-order valence-corrected chi connectivity index (χ4v) is 6.50. The predicted octanol–water partition coefficient (Wildman–Crippen LogP) is 5.84. The zero-order valence-corrected chi connectivity index (χ0v) is 15.2. The first-order valence-corrected chi connectivity index (χ1v) is 9.82. The van der Waals surface area contributed by atoms with Gasteiger partial charge >= 0.3 is 0 Å². The van der Waals surface area contributed by atoms with Gasteiger partial charge in [-0.1, -0.05) is 19.3 Å². The van der Waals surface area contributed by atoms with E-state index in [2.05, 4.69) is 0 Å². The van der Waals surface area contributed by atoms with Gasteiger partial charge in [-0.3, -0.25) is 0 Å². The van der Waals surface area contributed by atoms with E-state index in [0.29, 0.717) is 19.3 Å². The Hall–Kier alpha value is -1.83. The largest absolute Gasteiger partial charge is 0.203 e. The van der Waals surface area contributed by atoms with Gasteiger partial charge in [0.25, 0.3) is 0 Å². The molecule has 1 aliphatic rings. The Morgan fingerprint density at radius 2 is 0.690 bits per heavy atom. The van der Waals surface area contributed by atoms with Crippen molar-refractivity contribution in [2.24, 2.45) is 0 Å². The normalized spacial score (nSPS) is 15.4. The smallest absolute Gasteiger partial charge is 0.200 e. The molecule has 0 radical (unpaired) electrons. The van der Waals surface area contributed by atoms with E-state index in [1.54, 1.807) is 0 Å². The first kappa shape index (κ1) is 21.9. The third kappa shape index (κ3) is 3.49. The van der Waals surface area contributed by atoms with Crippen molar-refractivity contribution in [2.45, 2.75) is 37.8 Å². The van der Waals surface area contributed by atoms with Gasteiger partial charge in [-0.25, -0.2) is 43.9 Å². The summed E-state index contributed by atoms with van der Waals surface area (Å²) in [6.45, 7) is 0. The summed E-state index contributed by atoms with van der Waals surface area (Å²) in [6, 6.07) is 0. The summed E-state index contributed by atoms with van der Waals surface area (Å²) >= 11 is 0. The molecule has 0 amide bonds. The Balaban J connectivity index is 2.39. The van der Waals surface area contributed by atoms with E-state index in [9.17, 15) is 43.9 Å². The van der Waals surface area contributed by atoms with Gasteiger partial charge in [-0.2, -0.15) is 0 Å². The molecule has 2 aromatic carbocycles. The second-order valence-corrected chi connectivity index (χ2v) is 8.86. The summed E-state index contributed by atoms with van der Waals surface area (Å²) in [7, 11) is -3.14. The molecule has 11 heteroatoms. The molecular weight excluding hydrogens is 437 g/mol. The third-order valence-electron chi connectivity index (χ3n) is 4.79. The Kier molecular flexibility index (Phi) is 6.13. The highest BCUT2D eigenvalue weighted by Crippen LogP contribution is 2.49. The Bertz CT molecular complexity index is 841. The molecule has 0 heterocycles. The zero-order chi connectivity index (χ0) is 21.6. The molecule has 0 aliphatic heterocycles. The molecule has 1 saturated carbocycles. The molecule has 29 heavy (non-hydrogen) atoms. The quantitative estimate of drug-likeness (QED) is 0.240. The summed E-state index contributed by atoms with van der Waals surface area (Å²) in [5.41, 5.74) is -1.04. The fourth-order valence-electron chi connectivity index (χ4n) is 3.43. The van der Waals surface area contributed by atoms with Crippen molar-refractivity contribution in [3.63, 3.8) is 0 Å². The fraction of sp³-hybridized carbons (Fsp3) is 0.333. The van der Waals surface area contributed by atoms with E-state index in [1.165, 1.54) is 0 Å². The molecule has 0 aromatic heterocycles. The Morgan fingerprint density at radius 1 is 0.414 bits per heavy atom. The van der Waals surface area contributed by atoms with Crippen molar-refractivity contribution in [1.29, 1.82) is 0 Å². The lowest BCUT2D eigenvalue weighted by Crippen LogP contribution is -2.34. The van der Waals surface area contributed by atoms with Crippen LogP contribution >= 0.6 is 7.92 Å². The molecule has 0 spiro atoms. The van der Waals surface area contributed by atoms with Crippen LogP contribution in [0.2, 0.25) is 0 Å². The van der Waals surface area contributed by atoms with Crippen LogP contribution in [0.1, 0.15) is 32.1 Å². The third-order valence-corrected chi connectivity index (χ3v) is 7.79. The minimum atomic E-state index is -3.14. The molecule has 1 fully saturated rings. The van der Waals surface area contributed by atoms with Crippen LogP contribution in [0.15, 0.2) is 0 Å². The summed E-state index contributed by atoms with van der Waals surface area (Å²) in [5.74, 6) is -23.8. The summed E-state index contributed by atoms with van der Waals surface area (Å²) < 4.78 is 139. The van der Waals surface area contributed by atoms with Crippen molar-refractivity contribution < 1.29 is 43.9 Å². The van der Waals surface area contributed by atoms with Gasteiger partial charge in [0.05, 0.1) is 10.6 Å².